The molecule has 8 nitrogen and oxygen atoms in total. The molecule has 3 aromatic rings. The number of hydrogen-bond donors (Lipinski definition) is 2. The molecule has 0 aliphatic heterocycles. The summed E-state index contributed by atoms with van der Waals surface area (Å²) in [4.78, 5) is 35.2. The molecule has 1 aromatic heterocycles. The van der Waals surface area contributed by atoms with Crippen molar-refractivity contribution < 1.29 is 18.9 Å². The summed E-state index contributed by atoms with van der Waals surface area (Å²) in [5.41, 5.74) is 0.952. The van der Waals surface area contributed by atoms with Gasteiger partial charge in [-0.15, -0.1) is 0 Å². The van der Waals surface area contributed by atoms with E-state index >= 15 is 0 Å². The number of amides is 2. The van der Waals surface area contributed by atoms with Gasteiger partial charge in [0.15, 0.2) is 5.76 Å². The third kappa shape index (κ3) is 4.70. The first-order valence-electron chi connectivity index (χ1n) is 8.20. The molecule has 0 spiro atoms. The number of non-ortho nitro benzene ring substituents is 1. The summed E-state index contributed by atoms with van der Waals surface area (Å²) in [6.07, 6.45) is 2.87. The van der Waals surface area contributed by atoms with Gasteiger partial charge >= 0.3 is 0 Å². The molecule has 0 aliphatic rings. The fourth-order valence-electron chi connectivity index (χ4n) is 2.33. The van der Waals surface area contributed by atoms with Crippen LogP contribution >= 0.6 is 0 Å². The molecular formula is C20H15N3O5. The number of anilines is 1. The second-order valence-electron chi connectivity index (χ2n) is 5.66. The second kappa shape index (κ2) is 8.45. The van der Waals surface area contributed by atoms with E-state index in [-0.39, 0.29) is 17.1 Å². The van der Waals surface area contributed by atoms with Crippen molar-refractivity contribution in [1.82, 2.24) is 5.32 Å². The van der Waals surface area contributed by atoms with E-state index in [0.29, 0.717) is 11.3 Å². The van der Waals surface area contributed by atoms with E-state index in [4.69, 9.17) is 4.42 Å². The minimum Gasteiger partial charge on any atom is -0.459 e. The van der Waals surface area contributed by atoms with Crippen LogP contribution in [0.2, 0.25) is 0 Å². The molecular weight excluding hydrogens is 362 g/mol. The third-order valence-electron chi connectivity index (χ3n) is 3.68. The van der Waals surface area contributed by atoms with Crippen LogP contribution in [-0.4, -0.2) is 16.7 Å². The van der Waals surface area contributed by atoms with Gasteiger partial charge in [-0.2, -0.15) is 0 Å². The van der Waals surface area contributed by atoms with E-state index in [1.807, 2.05) is 6.07 Å². The van der Waals surface area contributed by atoms with Crippen LogP contribution in [0, 0.1) is 10.1 Å². The zero-order valence-electron chi connectivity index (χ0n) is 14.5. The van der Waals surface area contributed by atoms with Crippen molar-refractivity contribution in [3.8, 4) is 0 Å². The number of benzene rings is 2. The van der Waals surface area contributed by atoms with Gasteiger partial charge in [-0.05, 0) is 35.9 Å². The van der Waals surface area contributed by atoms with Crippen LogP contribution in [0.3, 0.4) is 0 Å². The highest BCUT2D eigenvalue weighted by Crippen LogP contribution is 2.16. The summed E-state index contributed by atoms with van der Waals surface area (Å²) in [6, 6.07) is 17.4. The van der Waals surface area contributed by atoms with Crippen molar-refractivity contribution in [2.24, 2.45) is 0 Å². The van der Waals surface area contributed by atoms with Gasteiger partial charge in [0.05, 0.1) is 11.2 Å². The predicted molar refractivity (Wildman–Crippen MR) is 102 cm³/mol. The van der Waals surface area contributed by atoms with Crippen molar-refractivity contribution in [1.29, 1.82) is 0 Å². The predicted octanol–water partition coefficient (Wildman–Crippen LogP) is 3.60. The second-order valence-corrected chi connectivity index (χ2v) is 5.66. The van der Waals surface area contributed by atoms with Gasteiger partial charge in [0.2, 0.25) is 0 Å². The molecule has 0 saturated carbocycles. The van der Waals surface area contributed by atoms with E-state index in [1.165, 1.54) is 42.7 Å². The molecule has 1 heterocycles. The molecule has 2 amide bonds. The SMILES string of the molecule is O=C(Nc1ccc([N+](=O)[O-])cc1)/C(=C/c1ccccc1)NC(=O)c1ccco1. The molecule has 3 rings (SSSR count). The maximum Gasteiger partial charge on any atom is 0.291 e. The van der Waals surface area contributed by atoms with Crippen LogP contribution in [0.25, 0.3) is 6.08 Å². The van der Waals surface area contributed by atoms with E-state index in [9.17, 15) is 19.7 Å². The number of nitrogens with one attached hydrogen (secondary N) is 2. The molecule has 8 heteroatoms. The quantitative estimate of drug-likeness (QED) is 0.387. The Morgan fingerprint density at radius 1 is 0.964 bits per heavy atom. The van der Waals surface area contributed by atoms with E-state index in [1.54, 1.807) is 30.3 Å². The van der Waals surface area contributed by atoms with E-state index in [2.05, 4.69) is 10.6 Å². The number of nitro groups is 1. The lowest BCUT2D eigenvalue weighted by atomic mass is 10.2. The summed E-state index contributed by atoms with van der Waals surface area (Å²) in [7, 11) is 0. The van der Waals surface area contributed by atoms with Crippen molar-refractivity contribution >= 4 is 29.3 Å². The maximum atomic E-state index is 12.7. The Kier molecular flexibility index (Phi) is 5.61. The first-order chi connectivity index (χ1) is 13.5. The van der Waals surface area contributed by atoms with Gasteiger partial charge in [0, 0.05) is 17.8 Å². The number of carbonyl (C=O) groups excluding carboxylic acids is 2. The Morgan fingerprint density at radius 3 is 2.29 bits per heavy atom. The van der Waals surface area contributed by atoms with Gasteiger partial charge in [-0.3, -0.25) is 19.7 Å². The first kappa shape index (κ1) is 18.6. The standard InChI is InChI=1S/C20H15N3O5/c24-19(21-15-8-10-16(11-9-15)23(26)27)17(13-14-5-2-1-3-6-14)22-20(25)18-7-4-12-28-18/h1-13H,(H,21,24)(H,22,25)/b17-13-. The van der Waals surface area contributed by atoms with Crippen molar-refractivity contribution in [3.63, 3.8) is 0 Å². The fourth-order valence-corrected chi connectivity index (χ4v) is 2.33. The number of carbonyl (C=O) groups is 2. The zero-order valence-corrected chi connectivity index (χ0v) is 14.5. The summed E-state index contributed by atoms with van der Waals surface area (Å²) in [5, 5.41) is 15.9. The van der Waals surface area contributed by atoms with Crippen LogP contribution < -0.4 is 10.6 Å². The highest BCUT2D eigenvalue weighted by molar-refractivity contribution is 6.10. The van der Waals surface area contributed by atoms with Crippen LogP contribution in [0.15, 0.2) is 83.1 Å². The van der Waals surface area contributed by atoms with Crippen LogP contribution in [0.5, 0.6) is 0 Å². The summed E-state index contributed by atoms with van der Waals surface area (Å²) in [5.74, 6) is -1.11. The molecule has 140 valence electrons. The third-order valence-corrected chi connectivity index (χ3v) is 3.68. The summed E-state index contributed by atoms with van der Waals surface area (Å²) < 4.78 is 5.05. The lowest BCUT2D eigenvalue weighted by molar-refractivity contribution is -0.384. The van der Waals surface area contributed by atoms with Crippen LogP contribution in [0.1, 0.15) is 16.1 Å². The van der Waals surface area contributed by atoms with Gasteiger partial charge in [0.1, 0.15) is 5.70 Å². The average molecular weight is 377 g/mol. The first-order valence-corrected chi connectivity index (χ1v) is 8.20. The number of nitro benzene ring substituents is 1. The van der Waals surface area contributed by atoms with Crippen LogP contribution in [0.4, 0.5) is 11.4 Å². The average Bonchev–Trinajstić information content (AvgIpc) is 3.23. The minimum absolute atomic E-state index is 0.00838. The van der Waals surface area contributed by atoms with Crippen LogP contribution in [-0.2, 0) is 4.79 Å². The largest absolute Gasteiger partial charge is 0.459 e. The smallest absolute Gasteiger partial charge is 0.291 e. The molecule has 0 radical (unpaired) electrons. The highest BCUT2D eigenvalue weighted by atomic mass is 16.6. The molecule has 2 N–H and O–H groups in total. The van der Waals surface area contributed by atoms with Gasteiger partial charge in [-0.25, -0.2) is 0 Å². The number of nitrogens with zero attached hydrogens (tertiary/aromatic N) is 1. The highest BCUT2D eigenvalue weighted by Gasteiger charge is 2.17. The minimum atomic E-state index is -0.586. The normalized spacial score (nSPS) is 10.9. The van der Waals surface area contributed by atoms with Crippen molar-refractivity contribution in [2.45, 2.75) is 0 Å². The Morgan fingerprint density at radius 2 is 1.68 bits per heavy atom. The summed E-state index contributed by atoms with van der Waals surface area (Å²) >= 11 is 0. The fraction of sp³-hybridized carbons (Fsp3) is 0. The van der Waals surface area contributed by atoms with Crippen molar-refractivity contribution in [3.05, 3.63) is 100 Å². The molecule has 0 saturated heterocycles. The maximum absolute atomic E-state index is 12.7. The Labute approximate surface area is 159 Å². The molecule has 2 aromatic carbocycles. The summed E-state index contributed by atoms with van der Waals surface area (Å²) in [6.45, 7) is 0. The molecule has 0 atom stereocenters. The monoisotopic (exact) mass is 377 g/mol. The Balaban J connectivity index is 1.83. The van der Waals surface area contributed by atoms with E-state index in [0.717, 1.165) is 0 Å². The van der Waals surface area contributed by atoms with E-state index < -0.39 is 16.7 Å². The Hall–Kier alpha value is -4.20. The Bertz CT molecular complexity index is 1010. The molecule has 0 unspecified atom stereocenters. The lowest BCUT2D eigenvalue weighted by Gasteiger charge is -2.10. The topological polar surface area (TPSA) is 114 Å². The number of furan rings is 1. The number of hydrogen-bond acceptors (Lipinski definition) is 5. The van der Waals surface area contributed by atoms with Crippen molar-refractivity contribution in [2.75, 3.05) is 5.32 Å². The zero-order chi connectivity index (χ0) is 19.9. The molecule has 28 heavy (non-hydrogen) atoms. The molecule has 0 fully saturated rings. The van der Waals surface area contributed by atoms with Gasteiger partial charge in [-0.1, -0.05) is 30.3 Å². The molecule has 0 aliphatic carbocycles. The number of rotatable bonds is 6. The van der Waals surface area contributed by atoms with Gasteiger partial charge in [0.25, 0.3) is 17.5 Å². The lowest BCUT2D eigenvalue weighted by Crippen LogP contribution is -2.30. The van der Waals surface area contributed by atoms with Gasteiger partial charge < -0.3 is 15.1 Å². The molecule has 0 bridgehead atoms.